The summed E-state index contributed by atoms with van der Waals surface area (Å²) in [6, 6.07) is 0. The van der Waals surface area contributed by atoms with Crippen molar-refractivity contribution in [2.24, 2.45) is 15.8 Å². The Hall–Kier alpha value is -0.860. The molecule has 0 amide bonds. The Balaban J connectivity index is 5.15. The van der Waals surface area contributed by atoms with Crippen molar-refractivity contribution in [1.82, 2.24) is 0 Å². The van der Waals surface area contributed by atoms with Gasteiger partial charge in [0, 0.05) is 18.2 Å². The normalized spacial score (nSPS) is 14.5. The molecule has 0 heterocycles. The Labute approximate surface area is 79.9 Å². The van der Waals surface area contributed by atoms with Crippen LogP contribution in [0.2, 0.25) is 0 Å². The highest BCUT2D eigenvalue weighted by Crippen LogP contribution is 2.39. The van der Waals surface area contributed by atoms with Gasteiger partial charge in [-0.2, -0.15) is 0 Å². The molecule has 0 bridgehead atoms. The minimum atomic E-state index is -0.795. The van der Waals surface area contributed by atoms with Crippen LogP contribution in [0.15, 0.2) is 4.99 Å². The van der Waals surface area contributed by atoms with E-state index in [-0.39, 0.29) is 0 Å². The topological polar surface area (TPSA) is 49.7 Å². The van der Waals surface area contributed by atoms with Gasteiger partial charge in [0.25, 0.3) is 0 Å². The first-order chi connectivity index (χ1) is 5.67. The Morgan fingerprint density at radius 2 is 1.54 bits per heavy atom. The van der Waals surface area contributed by atoms with Crippen LogP contribution < -0.4 is 0 Å². The Bertz CT molecular complexity index is 239. The van der Waals surface area contributed by atoms with Crippen LogP contribution in [0.25, 0.3) is 0 Å². The number of hydrogen-bond acceptors (Lipinski definition) is 2. The van der Waals surface area contributed by atoms with E-state index in [1.54, 1.807) is 20.9 Å². The first kappa shape index (κ1) is 12.1. The second-order valence-electron chi connectivity index (χ2n) is 4.36. The van der Waals surface area contributed by atoms with Crippen molar-refractivity contribution < 1.29 is 9.90 Å². The summed E-state index contributed by atoms with van der Waals surface area (Å²) in [6.07, 6.45) is 0. The van der Waals surface area contributed by atoms with E-state index in [2.05, 4.69) is 4.99 Å². The fraction of sp³-hybridized carbons (Fsp3) is 0.800. The van der Waals surface area contributed by atoms with Crippen molar-refractivity contribution in [2.75, 3.05) is 7.05 Å². The van der Waals surface area contributed by atoms with Crippen LogP contribution in [0.1, 0.15) is 34.6 Å². The van der Waals surface area contributed by atoms with Crippen molar-refractivity contribution in [1.29, 1.82) is 0 Å². The molecule has 3 nitrogen and oxygen atoms in total. The number of nitrogens with zero attached hydrogens (tertiary/aromatic N) is 1. The molecule has 0 saturated heterocycles. The summed E-state index contributed by atoms with van der Waals surface area (Å²) in [5.41, 5.74) is -0.357. The van der Waals surface area contributed by atoms with Crippen LogP contribution in [0, 0.1) is 10.8 Å². The lowest BCUT2D eigenvalue weighted by Crippen LogP contribution is -2.44. The van der Waals surface area contributed by atoms with Crippen LogP contribution in [0.4, 0.5) is 0 Å². The highest BCUT2D eigenvalue weighted by Gasteiger charge is 2.45. The van der Waals surface area contributed by atoms with Gasteiger partial charge in [0.2, 0.25) is 0 Å². The van der Waals surface area contributed by atoms with Gasteiger partial charge in [-0.3, -0.25) is 9.79 Å². The van der Waals surface area contributed by atoms with Gasteiger partial charge in [0.1, 0.15) is 0 Å². The molecule has 13 heavy (non-hydrogen) atoms. The number of aliphatic carboxylic acids is 1. The van der Waals surface area contributed by atoms with Crippen LogP contribution in [-0.4, -0.2) is 23.8 Å². The molecule has 1 N–H and O–H groups in total. The van der Waals surface area contributed by atoms with Gasteiger partial charge in [0.15, 0.2) is 0 Å². The Morgan fingerprint density at radius 1 is 1.15 bits per heavy atom. The van der Waals surface area contributed by atoms with Crippen LogP contribution in [-0.2, 0) is 4.79 Å². The average Bonchev–Trinajstić information content (AvgIpc) is 2.02. The van der Waals surface area contributed by atoms with Crippen LogP contribution >= 0.6 is 0 Å². The predicted molar refractivity (Wildman–Crippen MR) is 54.2 cm³/mol. The summed E-state index contributed by atoms with van der Waals surface area (Å²) in [4.78, 5) is 15.1. The third-order valence-corrected chi connectivity index (χ3v) is 3.34. The molecule has 0 aromatic rings. The summed E-state index contributed by atoms with van der Waals surface area (Å²) in [5.74, 6) is -0.791. The molecule has 0 radical (unpaired) electrons. The van der Waals surface area contributed by atoms with Gasteiger partial charge in [-0.15, -0.1) is 0 Å². The number of carboxylic acids is 1. The van der Waals surface area contributed by atoms with Crippen molar-refractivity contribution in [3.05, 3.63) is 0 Å². The van der Waals surface area contributed by atoms with E-state index in [4.69, 9.17) is 5.11 Å². The van der Waals surface area contributed by atoms with Crippen molar-refractivity contribution >= 4 is 11.7 Å². The highest BCUT2D eigenvalue weighted by atomic mass is 16.4. The fourth-order valence-corrected chi connectivity index (χ4v) is 0.999. The molecule has 76 valence electrons. The number of rotatable bonds is 3. The average molecular weight is 185 g/mol. The van der Waals surface area contributed by atoms with Gasteiger partial charge in [-0.1, -0.05) is 13.8 Å². The third-order valence-electron chi connectivity index (χ3n) is 3.34. The van der Waals surface area contributed by atoms with Crippen LogP contribution in [0.3, 0.4) is 0 Å². The number of hydrogen-bond donors (Lipinski definition) is 1. The lowest BCUT2D eigenvalue weighted by molar-refractivity contribution is -0.151. The van der Waals surface area contributed by atoms with E-state index < -0.39 is 16.8 Å². The molecule has 3 heteroatoms. The lowest BCUT2D eigenvalue weighted by Gasteiger charge is -2.38. The molecular formula is C10H19NO2. The molecule has 0 rings (SSSR count). The van der Waals surface area contributed by atoms with E-state index in [0.717, 1.165) is 5.71 Å². The monoisotopic (exact) mass is 185 g/mol. The molecule has 0 aliphatic heterocycles. The molecule has 0 atom stereocenters. The fourth-order valence-electron chi connectivity index (χ4n) is 0.999. The molecule has 0 spiro atoms. The quantitative estimate of drug-likeness (QED) is 0.685. The second kappa shape index (κ2) is 3.48. The van der Waals surface area contributed by atoms with E-state index in [9.17, 15) is 4.79 Å². The number of carboxylic acid groups (broad SMARTS) is 1. The van der Waals surface area contributed by atoms with Crippen molar-refractivity contribution in [3.63, 3.8) is 0 Å². The summed E-state index contributed by atoms with van der Waals surface area (Å²) < 4.78 is 0. The molecule has 0 aromatic heterocycles. The van der Waals surface area contributed by atoms with Gasteiger partial charge in [0.05, 0.1) is 5.41 Å². The second-order valence-corrected chi connectivity index (χ2v) is 4.36. The molecule has 0 aliphatic rings. The van der Waals surface area contributed by atoms with Gasteiger partial charge in [-0.05, 0) is 20.8 Å². The molecule has 0 saturated carbocycles. The van der Waals surface area contributed by atoms with Gasteiger partial charge < -0.3 is 5.11 Å². The largest absolute Gasteiger partial charge is 0.481 e. The summed E-state index contributed by atoms with van der Waals surface area (Å²) in [7, 11) is 1.69. The Morgan fingerprint density at radius 3 is 1.77 bits per heavy atom. The highest BCUT2D eigenvalue weighted by molar-refractivity contribution is 5.93. The summed E-state index contributed by atoms with van der Waals surface area (Å²) in [6.45, 7) is 9.13. The lowest BCUT2D eigenvalue weighted by atomic mass is 9.65. The molecule has 0 aromatic carbocycles. The van der Waals surface area contributed by atoms with Crippen molar-refractivity contribution in [2.45, 2.75) is 34.6 Å². The minimum Gasteiger partial charge on any atom is -0.481 e. The van der Waals surface area contributed by atoms with E-state index >= 15 is 0 Å². The summed E-state index contributed by atoms with van der Waals surface area (Å²) in [5, 5.41) is 9.07. The molecule has 0 fully saturated rings. The SMILES string of the molecule is CN=C(C)C(C)(C)C(C)(C)C(=O)O. The molecule has 0 unspecified atom stereocenters. The van der Waals surface area contributed by atoms with E-state index in [0.29, 0.717) is 0 Å². The first-order valence-corrected chi connectivity index (χ1v) is 4.35. The standard InChI is InChI=1S/C10H19NO2/c1-7(11-6)9(2,3)10(4,5)8(12)13/h1-6H3,(H,12,13). The predicted octanol–water partition coefficient (Wildman–Crippen LogP) is 2.21. The number of carbonyl (C=O) groups is 1. The van der Waals surface area contributed by atoms with Gasteiger partial charge >= 0.3 is 5.97 Å². The van der Waals surface area contributed by atoms with Crippen molar-refractivity contribution in [3.8, 4) is 0 Å². The minimum absolute atomic E-state index is 0.423. The maximum atomic E-state index is 11.0. The maximum absolute atomic E-state index is 11.0. The molecular weight excluding hydrogens is 166 g/mol. The zero-order chi connectivity index (χ0) is 10.9. The van der Waals surface area contributed by atoms with E-state index in [1.807, 2.05) is 20.8 Å². The van der Waals surface area contributed by atoms with E-state index in [1.165, 1.54) is 0 Å². The first-order valence-electron chi connectivity index (χ1n) is 4.35. The maximum Gasteiger partial charge on any atom is 0.309 e. The zero-order valence-corrected chi connectivity index (χ0v) is 9.30. The zero-order valence-electron chi connectivity index (χ0n) is 9.30. The van der Waals surface area contributed by atoms with Gasteiger partial charge in [-0.25, -0.2) is 0 Å². The molecule has 0 aliphatic carbocycles. The smallest absolute Gasteiger partial charge is 0.309 e. The third kappa shape index (κ3) is 1.90. The van der Waals surface area contributed by atoms with Crippen LogP contribution in [0.5, 0.6) is 0 Å². The number of aliphatic imine (C=N–C) groups is 1. The Kier molecular flexibility index (Phi) is 3.25. The summed E-state index contributed by atoms with van der Waals surface area (Å²) >= 11 is 0.